The van der Waals surface area contributed by atoms with Crippen LogP contribution in [0.4, 0.5) is 0 Å². The summed E-state index contributed by atoms with van der Waals surface area (Å²) in [5.41, 5.74) is 5.28. The van der Waals surface area contributed by atoms with Gasteiger partial charge in [0.05, 0.1) is 0 Å². The van der Waals surface area contributed by atoms with Crippen molar-refractivity contribution < 1.29 is 14.7 Å². The van der Waals surface area contributed by atoms with Crippen LogP contribution in [0.25, 0.3) is 0 Å². The summed E-state index contributed by atoms with van der Waals surface area (Å²) < 4.78 is 0. The largest absolute Gasteiger partial charge is 0.480 e. The summed E-state index contributed by atoms with van der Waals surface area (Å²) in [5.74, 6) is 1.11. The minimum Gasteiger partial charge on any atom is -0.480 e. The third-order valence-corrected chi connectivity index (χ3v) is 2.06. The highest BCUT2D eigenvalue weighted by molar-refractivity contribution is 5.83. The maximum atomic E-state index is 11.3. The van der Waals surface area contributed by atoms with Crippen molar-refractivity contribution in [2.75, 3.05) is 6.54 Å². The van der Waals surface area contributed by atoms with Gasteiger partial charge in [-0.1, -0.05) is 0 Å². The van der Waals surface area contributed by atoms with Crippen molar-refractivity contribution in [2.45, 2.75) is 38.1 Å². The quantitative estimate of drug-likeness (QED) is 0.404. The van der Waals surface area contributed by atoms with Crippen molar-refractivity contribution in [3.05, 3.63) is 0 Å². The molecule has 4 N–H and O–H groups in total. The van der Waals surface area contributed by atoms with E-state index in [4.69, 9.17) is 17.3 Å². The molecule has 0 saturated heterocycles. The van der Waals surface area contributed by atoms with Crippen molar-refractivity contribution in [3.8, 4) is 12.3 Å². The first-order valence-corrected chi connectivity index (χ1v) is 5.27. The zero-order valence-corrected chi connectivity index (χ0v) is 9.24. The minimum atomic E-state index is -1.03. The lowest BCUT2D eigenvalue weighted by Crippen LogP contribution is -2.40. The topological polar surface area (TPSA) is 92.4 Å². The number of hydrogen-bond donors (Lipinski definition) is 3. The number of rotatable bonds is 8. The van der Waals surface area contributed by atoms with Crippen LogP contribution in [-0.2, 0) is 9.59 Å². The van der Waals surface area contributed by atoms with Gasteiger partial charge in [-0.15, -0.1) is 12.3 Å². The number of amides is 1. The lowest BCUT2D eigenvalue weighted by molar-refractivity contribution is -0.142. The van der Waals surface area contributed by atoms with Crippen molar-refractivity contribution in [1.29, 1.82) is 0 Å². The molecule has 0 saturated carbocycles. The van der Waals surface area contributed by atoms with Gasteiger partial charge in [-0.25, -0.2) is 4.79 Å². The molecule has 0 radical (unpaired) electrons. The number of unbranched alkanes of at least 4 members (excludes halogenated alkanes) is 1. The van der Waals surface area contributed by atoms with E-state index in [1.54, 1.807) is 0 Å². The third kappa shape index (κ3) is 6.85. The molecular weight excluding hydrogens is 208 g/mol. The summed E-state index contributed by atoms with van der Waals surface area (Å²) in [5, 5.41) is 11.3. The van der Waals surface area contributed by atoms with Gasteiger partial charge in [0.1, 0.15) is 6.04 Å². The van der Waals surface area contributed by atoms with Crippen LogP contribution in [0, 0.1) is 12.3 Å². The van der Waals surface area contributed by atoms with E-state index in [1.807, 2.05) is 0 Å². The lowest BCUT2D eigenvalue weighted by atomic mass is 10.1. The molecule has 0 heterocycles. The zero-order chi connectivity index (χ0) is 12.4. The summed E-state index contributed by atoms with van der Waals surface area (Å²) in [6, 6.07) is -0.845. The molecule has 0 bridgehead atoms. The summed E-state index contributed by atoms with van der Waals surface area (Å²) >= 11 is 0. The van der Waals surface area contributed by atoms with Crippen molar-refractivity contribution >= 4 is 11.9 Å². The van der Waals surface area contributed by atoms with E-state index in [2.05, 4.69) is 11.2 Å². The normalized spacial score (nSPS) is 11.5. The number of carbonyl (C=O) groups excluding carboxylic acids is 1. The van der Waals surface area contributed by atoms with Crippen LogP contribution in [0.5, 0.6) is 0 Å². The van der Waals surface area contributed by atoms with Crippen LogP contribution >= 0.6 is 0 Å². The first-order chi connectivity index (χ1) is 7.61. The Morgan fingerprint density at radius 1 is 1.44 bits per heavy atom. The first-order valence-electron chi connectivity index (χ1n) is 5.27. The van der Waals surface area contributed by atoms with Gasteiger partial charge in [0.25, 0.3) is 0 Å². The standard InChI is InChI=1S/C11H18N2O3/c1-2-3-4-7-10(14)13-9(11(15)16)6-5-8-12/h1,9H,3-8,12H2,(H,13,14)(H,15,16)/t9-/m0/s1. The molecule has 0 aliphatic rings. The highest BCUT2D eigenvalue weighted by atomic mass is 16.4. The molecule has 1 amide bonds. The lowest BCUT2D eigenvalue weighted by Gasteiger charge is -2.13. The minimum absolute atomic E-state index is 0.261. The van der Waals surface area contributed by atoms with Gasteiger partial charge < -0.3 is 16.2 Å². The molecule has 0 aliphatic heterocycles. The fraction of sp³-hybridized carbons (Fsp3) is 0.636. The van der Waals surface area contributed by atoms with Gasteiger partial charge in [0.15, 0.2) is 0 Å². The number of carboxylic acids is 1. The van der Waals surface area contributed by atoms with Gasteiger partial charge in [0.2, 0.25) is 5.91 Å². The molecule has 0 aromatic carbocycles. The number of aliphatic carboxylic acids is 1. The monoisotopic (exact) mass is 226 g/mol. The van der Waals surface area contributed by atoms with Crippen LogP contribution in [0.1, 0.15) is 32.1 Å². The molecule has 0 unspecified atom stereocenters. The van der Waals surface area contributed by atoms with E-state index in [9.17, 15) is 9.59 Å². The smallest absolute Gasteiger partial charge is 0.326 e. The van der Waals surface area contributed by atoms with Crippen LogP contribution in [0.2, 0.25) is 0 Å². The van der Waals surface area contributed by atoms with Crippen LogP contribution in [0.15, 0.2) is 0 Å². The maximum absolute atomic E-state index is 11.3. The highest BCUT2D eigenvalue weighted by Crippen LogP contribution is 1.99. The molecule has 5 heteroatoms. The van der Waals surface area contributed by atoms with E-state index < -0.39 is 12.0 Å². The molecule has 0 rings (SSSR count). The second-order valence-electron chi connectivity index (χ2n) is 3.45. The summed E-state index contributed by atoms with van der Waals surface area (Å²) in [6.07, 6.45) is 7.32. The van der Waals surface area contributed by atoms with E-state index in [0.29, 0.717) is 32.2 Å². The molecule has 0 aliphatic carbocycles. The Morgan fingerprint density at radius 2 is 2.12 bits per heavy atom. The summed E-state index contributed by atoms with van der Waals surface area (Å²) in [4.78, 5) is 22.1. The van der Waals surface area contributed by atoms with Gasteiger partial charge in [-0.3, -0.25) is 4.79 Å². The second kappa shape index (κ2) is 8.74. The number of carboxylic acid groups (broad SMARTS) is 1. The van der Waals surface area contributed by atoms with Crippen LogP contribution < -0.4 is 11.1 Å². The number of nitrogens with one attached hydrogen (secondary N) is 1. The summed E-state index contributed by atoms with van der Waals surface area (Å²) in [7, 11) is 0. The van der Waals surface area contributed by atoms with Crippen molar-refractivity contribution in [2.24, 2.45) is 5.73 Å². The molecular formula is C11H18N2O3. The van der Waals surface area contributed by atoms with Crippen LogP contribution in [-0.4, -0.2) is 29.6 Å². The number of hydrogen-bond acceptors (Lipinski definition) is 3. The molecule has 0 spiro atoms. The van der Waals surface area contributed by atoms with Crippen molar-refractivity contribution in [3.63, 3.8) is 0 Å². The predicted molar refractivity (Wildman–Crippen MR) is 60.5 cm³/mol. The Hall–Kier alpha value is -1.54. The zero-order valence-electron chi connectivity index (χ0n) is 9.24. The molecule has 90 valence electrons. The van der Waals surface area contributed by atoms with Gasteiger partial charge in [-0.2, -0.15) is 0 Å². The fourth-order valence-corrected chi connectivity index (χ4v) is 1.20. The van der Waals surface area contributed by atoms with Gasteiger partial charge in [0, 0.05) is 12.8 Å². The Kier molecular flexibility index (Phi) is 7.90. The van der Waals surface area contributed by atoms with Gasteiger partial charge in [-0.05, 0) is 25.8 Å². The molecule has 0 aromatic rings. The maximum Gasteiger partial charge on any atom is 0.326 e. The Bertz CT molecular complexity index is 271. The number of terminal acetylenes is 1. The first kappa shape index (κ1) is 14.5. The van der Waals surface area contributed by atoms with E-state index in [1.165, 1.54) is 0 Å². The highest BCUT2D eigenvalue weighted by Gasteiger charge is 2.18. The number of carbonyl (C=O) groups is 2. The molecule has 1 atom stereocenters. The van der Waals surface area contributed by atoms with E-state index >= 15 is 0 Å². The Labute approximate surface area is 95.4 Å². The Morgan fingerprint density at radius 3 is 2.62 bits per heavy atom. The van der Waals surface area contributed by atoms with Crippen molar-refractivity contribution in [1.82, 2.24) is 5.32 Å². The molecule has 16 heavy (non-hydrogen) atoms. The predicted octanol–water partition coefficient (Wildman–Crippen LogP) is 0.0982. The second-order valence-corrected chi connectivity index (χ2v) is 3.45. The van der Waals surface area contributed by atoms with Crippen LogP contribution in [0.3, 0.4) is 0 Å². The number of nitrogens with two attached hydrogens (primary N) is 1. The van der Waals surface area contributed by atoms with E-state index in [0.717, 1.165) is 0 Å². The summed E-state index contributed by atoms with van der Waals surface area (Å²) in [6.45, 7) is 0.413. The molecule has 0 fully saturated rings. The van der Waals surface area contributed by atoms with Gasteiger partial charge >= 0.3 is 5.97 Å². The van der Waals surface area contributed by atoms with E-state index in [-0.39, 0.29) is 12.3 Å². The average molecular weight is 226 g/mol. The molecule has 0 aromatic heterocycles. The Balaban J connectivity index is 3.94. The third-order valence-electron chi connectivity index (χ3n) is 2.06. The molecule has 5 nitrogen and oxygen atoms in total. The average Bonchev–Trinajstić information content (AvgIpc) is 2.24. The fourth-order valence-electron chi connectivity index (χ4n) is 1.20. The SMILES string of the molecule is C#CCCCC(=O)N[C@@H](CCCN)C(=O)O.